The Kier molecular flexibility index (Phi) is 6.90. The second kappa shape index (κ2) is 8.34. The number of aromatic nitrogens is 2. The first-order valence-electron chi connectivity index (χ1n) is 6.04. The summed E-state index contributed by atoms with van der Waals surface area (Å²) in [5, 5.41) is 3.81. The first-order valence-corrected chi connectivity index (χ1v) is 6.41. The van der Waals surface area contributed by atoms with Gasteiger partial charge in [0.05, 0.1) is 6.20 Å². The molecule has 3 nitrogen and oxygen atoms in total. The van der Waals surface area contributed by atoms with Gasteiger partial charge < -0.3 is 5.32 Å². The summed E-state index contributed by atoms with van der Waals surface area (Å²) in [4.78, 5) is 7.91. The normalized spacial score (nSPS) is 10.4. The molecule has 90 valence electrons. The molecule has 4 heteroatoms. The fourth-order valence-electron chi connectivity index (χ4n) is 1.55. The predicted molar refractivity (Wildman–Crippen MR) is 68.9 cm³/mol. The van der Waals surface area contributed by atoms with E-state index in [-0.39, 0.29) is 0 Å². The first-order chi connectivity index (χ1) is 7.84. The second-order valence-corrected chi connectivity index (χ2v) is 4.32. The Morgan fingerprint density at radius 3 is 2.69 bits per heavy atom. The van der Waals surface area contributed by atoms with Crippen molar-refractivity contribution in [1.29, 1.82) is 0 Å². The minimum atomic E-state index is 0.591. The number of unbranched alkanes of at least 4 members (excludes halogenated alkanes) is 5. The van der Waals surface area contributed by atoms with Gasteiger partial charge >= 0.3 is 0 Å². The highest BCUT2D eigenvalue weighted by Crippen LogP contribution is 2.16. The lowest BCUT2D eigenvalue weighted by molar-refractivity contribution is 0.617. The fraction of sp³-hybridized carbons (Fsp3) is 0.667. The van der Waals surface area contributed by atoms with Crippen molar-refractivity contribution in [1.82, 2.24) is 9.97 Å². The highest BCUT2D eigenvalue weighted by atomic mass is 35.5. The van der Waals surface area contributed by atoms with Gasteiger partial charge in [-0.05, 0) is 6.42 Å². The average molecular weight is 242 g/mol. The number of hydrogen-bond donors (Lipinski definition) is 1. The van der Waals surface area contributed by atoms with E-state index in [4.69, 9.17) is 11.6 Å². The molecule has 1 N–H and O–H groups in total. The van der Waals surface area contributed by atoms with Gasteiger partial charge in [-0.15, -0.1) is 0 Å². The molecule has 1 heterocycles. The van der Waals surface area contributed by atoms with E-state index in [1.807, 2.05) is 0 Å². The van der Waals surface area contributed by atoms with E-state index in [9.17, 15) is 0 Å². The minimum Gasteiger partial charge on any atom is -0.369 e. The number of anilines is 1. The van der Waals surface area contributed by atoms with Crippen LogP contribution in [0, 0.1) is 0 Å². The lowest BCUT2D eigenvalue weighted by atomic mass is 10.1. The van der Waals surface area contributed by atoms with Gasteiger partial charge in [0, 0.05) is 6.54 Å². The second-order valence-electron chi connectivity index (χ2n) is 3.91. The maximum absolute atomic E-state index is 5.92. The van der Waals surface area contributed by atoms with Crippen LogP contribution in [0.5, 0.6) is 0 Å². The standard InChI is InChI=1S/C12H20ClN3/c1-2-3-4-5-6-7-8-15-12-11(13)9-14-10-16-12/h9-10H,2-8H2,1H3,(H,14,15,16). The maximum Gasteiger partial charge on any atom is 0.148 e. The molecule has 0 atom stereocenters. The van der Waals surface area contributed by atoms with Crippen LogP contribution in [0.25, 0.3) is 0 Å². The third-order valence-electron chi connectivity index (χ3n) is 2.49. The number of nitrogens with zero attached hydrogens (tertiary/aromatic N) is 2. The van der Waals surface area contributed by atoms with Gasteiger partial charge in [0.2, 0.25) is 0 Å². The van der Waals surface area contributed by atoms with Crippen LogP contribution in [0.15, 0.2) is 12.5 Å². The molecule has 0 fully saturated rings. The van der Waals surface area contributed by atoms with Crippen LogP contribution >= 0.6 is 11.6 Å². The van der Waals surface area contributed by atoms with Gasteiger partial charge in [-0.3, -0.25) is 0 Å². The predicted octanol–water partition coefficient (Wildman–Crippen LogP) is 3.90. The summed E-state index contributed by atoms with van der Waals surface area (Å²) >= 11 is 5.92. The monoisotopic (exact) mass is 241 g/mol. The fourth-order valence-corrected chi connectivity index (χ4v) is 1.73. The van der Waals surface area contributed by atoms with Crippen LogP contribution in [0.4, 0.5) is 5.82 Å². The average Bonchev–Trinajstić information content (AvgIpc) is 2.30. The zero-order chi connectivity index (χ0) is 11.6. The van der Waals surface area contributed by atoms with Crippen LogP contribution in [0.1, 0.15) is 45.4 Å². The molecule has 0 amide bonds. The van der Waals surface area contributed by atoms with Gasteiger partial charge in [-0.1, -0.05) is 50.6 Å². The molecular weight excluding hydrogens is 222 g/mol. The summed E-state index contributed by atoms with van der Waals surface area (Å²) in [5.74, 6) is 0.741. The summed E-state index contributed by atoms with van der Waals surface area (Å²) in [6.45, 7) is 3.17. The lowest BCUT2D eigenvalue weighted by Gasteiger charge is -2.06. The number of rotatable bonds is 8. The molecule has 0 radical (unpaired) electrons. The lowest BCUT2D eigenvalue weighted by Crippen LogP contribution is -2.03. The minimum absolute atomic E-state index is 0.591. The van der Waals surface area contributed by atoms with Crippen LogP contribution < -0.4 is 5.32 Å². The molecule has 0 aliphatic carbocycles. The Balaban J connectivity index is 2.05. The number of nitrogens with one attached hydrogen (secondary N) is 1. The molecule has 1 aromatic heterocycles. The van der Waals surface area contributed by atoms with Crippen molar-refractivity contribution in [2.75, 3.05) is 11.9 Å². The Labute approximate surface area is 103 Å². The van der Waals surface area contributed by atoms with Crippen LogP contribution in [0.3, 0.4) is 0 Å². The van der Waals surface area contributed by atoms with Crippen LogP contribution in [-0.4, -0.2) is 16.5 Å². The van der Waals surface area contributed by atoms with E-state index in [2.05, 4.69) is 22.2 Å². The van der Waals surface area contributed by atoms with Gasteiger partial charge in [-0.25, -0.2) is 9.97 Å². The van der Waals surface area contributed by atoms with Crippen molar-refractivity contribution in [2.45, 2.75) is 45.4 Å². The molecule has 0 unspecified atom stereocenters. The highest BCUT2D eigenvalue weighted by Gasteiger charge is 1.99. The summed E-state index contributed by atoms with van der Waals surface area (Å²) in [5.41, 5.74) is 0. The topological polar surface area (TPSA) is 37.8 Å². The molecule has 1 aromatic rings. The van der Waals surface area contributed by atoms with Crippen molar-refractivity contribution in [3.63, 3.8) is 0 Å². The van der Waals surface area contributed by atoms with Crippen molar-refractivity contribution < 1.29 is 0 Å². The quantitative estimate of drug-likeness (QED) is 0.702. The van der Waals surface area contributed by atoms with Gasteiger partial charge in [0.1, 0.15) is 17.2 Å². The Morgan fingerprint density at radius 1 is 1.19 bits per heavy atom. The summed E-state index contributed by atoms with van der Waals surface area (Å²) in [6.07, 6.45) is 10.9. The Morgan fingerprint density at radius 2 is 1.94 bits per heavy atom. The van der Waals surface area contributed by atoms with E-state index in [1.54, 1.807) is 6.20 Å². The first kappa shape index (κ1) is 13.2. The summed E-state index contributed by atoms with van der Waals surface area (Å²) in [6, 6.07) is 0. The molecule has 16 heavy (non-hydrogen) atoms. The number of hydrogen-bond acceptors (Lipinski definition) is 3. The molecule has 0 spiro atoms. The maximum atomic E-state index is 5.92. The van der Waals surface area contributed by atoms with E-state index in [0.717, 1.165) is 12.4 Å². The molecule has 0 aliphatic heterocycles. The molecular formula is C12H20ClN3. The van der Waals surface area contributed by atoms with Crippen molar-refractivity contribution in [3.8, 4) is 0 Å². The Bertz CT molecular complexity index is 291. The summed E-state index contributed by atoms with van der Waals surface area (Å²) in [7, 11) is 0. The molecule has 0 saturated heterocycles. The number of halogens is 1. The van der Waals surface area contributed by atoms with Crippen molar-refractivity contribution in [2.24, 2.45) is 0 Å². The van der Waals surface area contributed by atoms with Gasteiger partial charge in [0.15, 0.2) is 0 Å². The summed E-state index contributed by atoms with van der Waals surface area (Å²) < 4.78 is 0. The van der Waals surface area contributed by atoms with Crippen LogP contribution in [-0.2, 0) is 0 Å². The molecule has 0 saturated carbocycles. The SMILES string of the molecule is CCCCCCCCNc1ncncc1Cl. The van der Waals surface area contributed by atoms with Gasteiger partial charge in [-0.2, -0.15) is 0 Å². The van der Waals surface area contributed by atoms with E-state index >= 15 is 0 Å². The smallest absolute Gasteiger partial charge is 0.148 e. The molecule has 1 rings (SSSR count). The third kappa shape index (κ3) is 5.31. The zero-order valence-electron chi connectivity index (χ0n) is 9.88. The highest BCUT2D eigenvalue weighted by molar-refractivity contribution is 6.32. The van der Waals surface area contributed by atoms with E-state index < -0.39 is 0 Å². The van der Waals surface area contributed by atoms with Crippen LogP contribution in [0.2, 0.25) is 5.02 Å². The van der Waals surface area contributed by atoms with E-state index in [0.29, 0.717) is 5.02 Å². The Hall–Kier alpha value is -0.830. The van der Waals surface area contributed by atoms with E-state index in [1.165, 1.54) is 44.9 Å². The van der Waals surface area contributed by atoms with Crippen molar-refractivity contribution in [3.05, 3.63) is 17.5 Å². The molecule has 0 bridgehead atoms. The molecule has 0 aromatic carbocycles. The largest absolute Gasteiger partial charge is 0.369 e. The third-order valence-corrected chi connectivity index (χ3v) is 2.77. The van der Waals surface area contributed by atoms with Crippen molar-refractivity contribution >= 4 is 17.4 Å². The van der Waals surface area contributed by atoms with Gasteiger partial charge in [0.25, 0.3) is 0 Å². The molecule has 0 aliphatic rings. The zero-order valence-corrected chi connectivity index (χ0v) is 10.6.